The van der Waals surface area contributed by atoms with Gasteiger partial charge in [-0.25, -0.2) is 0 Å². The van der Waals surface area contributed by atoms with Gasteiger partial charge in [0.05, 0.1) is 13.1 Å². The van der Waals surface area contributed by atoms with E-state index >= 15 is 0 Å². The minimum absolute atomic E-state index is 0.00981. The van der Waals surface area contributed by atoms with E-state index in [2.05, 4.69) is 0 Å². The first kappa shape index (κ1) is 42.6. The molecule has 0 amide bonds. The van der Waals surface area contributed by atoms with Gasteiger partial charge >= 0.3 is 29.8 Å². The molecule has 13 heteroatoms. The summed E-state index contributed by atoms with van der Waals surface area (Å²) >= 11 is 0. The molecule has 0 saturated heterocycles. The third kappa shape index (κ3) is 15.8. The first-order valence-corrected chi connectivity index (χ1v) is 19.8. The van der Waals surface area contributed by atoms with Crippen molar-refractivity contribution >= 4 is 29.8 Å². The van der Waals surface area contributed by atoms with Crippen LogP contribution < -0.4 is 0 Å². The highest BCUT2D eigenvalue weighted by molar-refractivity contribution is 5.76. The van der Waals surface area contributed by atoms with E-state index in [4.69, 9.17) is 0 Å². The Labute approximate surface area is 303 Å². The van der Waals surface area contributed by atoms with Crippen molar-refractivity contribution in [3.63, 3.8) is 0 Å². The second-order valence-electron chi connectivity index (χ2n) is 15.6. The molecular formula is C38H65N3O10. The molecule has 292 valence electrons. The molecule has 3 aliphatic carbocycles. The lowest BCUT2D eigenvalue weighted by atomic mass is 9.85. The summed E-state index contributed by atoms with van der Waals surface area (Å²) in [6.45, 7) is -0.953. The fourth-order valence-electron chi connectivity index (χ4n) is 8.97. The number of carbonyl (C=O) groups is 5. The van der Waals surface area contributed by atoms with E-state index in [1.807, 2.05) is 0 Å². The fraction of sp³-hybridized carbons (Fsp3) is 0.868. The largest absolute Gasteiger partial charge is 0.480 e. The molecule has 0 aromatic carbocycles. The predicted octanol–water partition coefficient (Wildman–Crippen LogP) is 5.50. The van der Waals surface area contributed by atoms with Crippen molar-refractivity contribution in [1.29, 1.82) is 0 Å². The van der Waals surface area contributed by atoms with Crippen LogP contribution in [0.25, 0.3) is 0 Å². The van der Waals surface area contributed by atoms with E-state index in [0.717, 1.165) is 77.0 Å². The van der Waals surface area contributed by atoms with Gasteiger partial charge in [-0.2, -0.15) is 0 Å². The fourth-order valence-corrected chi connectivity index (χ4v) is 8.97. The molecule has 3 atom stereocenters. The van der Waals surface area contributed by atoms with Gasteiger partial charge in [0, 0.05) is 26.2 Å². The lowest BCUT2D eigenvalue weighted by Crippen LogP contribution is -2.53. The Morgan fingerprint density at radius 3 is 0.922 bits per heavy atom. The van der Waals surface area contributed by atoms with Gasteiger partial charge in [0.1, 0.15) is 18.1 Å². The first-order chi connectivity index (χ1) is 24.4. The summed E-state index contributed by atoms with van der Waals surface area (Å²) in [5.41, 5.74) is 0. The molecule has 0 aliphatic heterocycles. The van der Waals surface area contributed by atoms with Crippen molar-refractivity contribution < 1.29 is 49.5 Å². The van der Waals surface area contributed by atoms with Crippen molar-refractivity contribution in [2.45, 2.75) is 153 Å². The lowest BCUT2D eigenvalue weighted by Gasteiger charge is -2.36. The van der Waals surface area contributed by atoms with Gasteiger partial charge in [0.2, 0.25) is 0 Å². The second kappa shape index (κ2) is 23.0. The van der Waals surface area contributed by atoms with Crippen LogP contribution in [0, 0.1) is 17.8 Å². The highest BCUT2D eigenvalue weighted by Gasteiger charge is 2.34. The maximum atomic E-state index is 12.9. The smallest absolute Gasteiger partial charge is 0.320 e. The Morgan fingerprint density at radius 1 is 0.412 bits per heavy atom. The molecule has 1 unspecified atom stereocenters. The minimum Gasteiger partial charge on any atom is -0.480 e. The second-order valence-corrected chi connectivity index (χ2v) is 15.6. The highest BCUT2D eigenvalue weighted by Crippen LogP contribution is 2.31. The molecule has 3 fully saturated rings. The van der Waals surface area contributed by atoms with Crippen LogP contribution in [-0.2, 0) is 24.0 Å². The Kier molecular flexibility index (Phi) is 19.2. The third-order valence-electron chi connectivity index (χ3n) is 11.9. The molecule has 3 rings (SSSR count). The van der Waals surface area contributed by atoms with Gasteiger partial charge in [-0.05, 0) is 56.3 Å². The molecule has 13 nitrogen and oxygen atoms in total. The zero-order valence-electron chi connectivity index (χ0n) is 30.7. The number of hydrogen-bond donors (Lipinski definition) is 5. The van der Waals surface area contributed by atoms with Crippen molar-refractivity contribution in [1.82, 2.24) is 14.7 Å². The maximum Gasteiger partial charge on any atom is 0.320 e. The minimum atomic E-state index is -1.17. The van der Waals surface area contributed by atoms with E-state index in [0.29, 0.717) is 56.3 Å². The van der Waals surface area contributed by atoms with Crippen LogP contribution in [0.1, 0.15) is 135 Å². The highest BCUT2D eigenvalue weighted by atomic mass is 16.4. The predicted molar refractivity (Wildman–Crippen MR) is 192 cm³/mol. The lowest BCUT2D eigenvalue weighted by molar-refractivity contribution is -0.149. The van der Waals surface area contributed by atoms with E-state index in [9.17, 15) is 49.5 Å². The van der Waals surface area contributed by atoms with Gasteiger partial charge in [-0.1, -0.05) is 96.3 Å². The zero-order chi connectivity index (χ0) is 37.2. The Balaban J connectivity index is 1.81. The molecule has 5 N–H and O–H groups in total. The molecule has 0 aromatic rings. The van der Waals surface area contributed by atoms with Crippen molar-refractivity contribution in [2.75, 3.05) is 39.3 Å². The molecule has 0 radical (unpaired) electrons. The summed E-state index contributed by atoms with van der Waals surface area (Å²) < 4.78 is 0. The third-order valence-corrected chi connectivity index (χ3v) is 11.9. The summed E-state index contributed by atoms with van der Waals surface area (Å²) in [5.74, 6) is -4.41. The summed E-state index contributed by atoms with van der Waals surface area (Å²) in [7, 11) is 0. The van der Waals surface area contributed by atoms with E-state index in [1.54, 1.807) is 4.90 Å². The Hall–Kier alpha value is -2.77. The molecule has 0 spiro atoms. The standard InChI is InChI=1S/C38H65N3O10/c42-34(43)26-40(32(37(48)49)20-17-29-12-6-2-7-13-29)24-22-39(31(36(46)47)19-16-28-10-4-1-5-11-28)23-25-41(27-35(44)45)33(38(50)51)21-18-30-14-8-3-9-15-30/h28-33H,1-27H2,(H,42,43)(H,44,45)(H,46,47)(H,48,49)(H,50,51)/t31-,32-,33?/m0/s1. The summed E-state index contributed by atoms with van der Waals surface area (Å²) in [5, 5.41) is 50.5. The number of rotatable bonds is 25. The monoisotopic (exact) mass is 723 g/mol. The molecule has 0 aromatic heterocycles. The topological polar surface area (TPSA) is 196 Å². The number of carboxylic acids is 5. The Morgan fingerprint density at radius 2 is 0.667 bits per heavy atom. The number of carboxylic acid groups (broad SMARTS) is 5. The SMILES string of the molecule is O=C(O)CN(CCN(CCN(CC(=O)O)[C@@H](CCC1CCCCC1)C(=O)O)[C@@H](CCC1CCCCC1)C(=O)O)C(CCC1CCCCC1)C(=O)O. The van der Waals surface area contributed by atoms with Gasteiger partial charge < -0.3 is 25.5 Å². The van der Waals surface area contributed by atoms with Crippen LogP contribution >= 0.6 is 0 Å². The summed E-state index contributed by atoms with van der Waals surface area (Å²) in [6.07, 6.45) is 19.3. The number of aliphatic carboxylic acids is 5. The molecule has 3 saturated carbocycles. The first-order valence-electron chi connectivity index (χ1n) is 19.8. The van der Waals surface area contributed by atoms with Crippen molar-refractivity contribution in [2.24, 2.45) is 17.8 Å². The van der Waals surface area contributed by atoms with Gasteiger partial charge in [-0.3, -0.25) is 38.7 Å². The van der Waals surface area contributed by atoms with Crippen molar-refractivity contribution in [3.8, 4) is 0 Å². The van der Waals surface area contributed by atoms with Crippen molar-refractivity contribution in [3.05, 3.63) is 0 Å². The quantitative estimate of drug-likeness (QED) is 0.0793. The molecule has 51 heavy (non-hydrogen) atoms. The number of hydrogen-bond acceptors (Lipinski definition) is 8. The van der Waals surface area contributed by atoms with Crippen LogP contribution in [0.4, 0.5) is 0 Å². The maximum absolute atomic E-state index is 12.9. The average Bonchev–Trinajstić information content (AvgIpc) is 3.09. The van der Waals surface area contributed by atoms with Crippen LogP contribution in [0.5, 0.6) is 0 Å². The van der Waals surface area contributed by atoms with Crippen LogP contribution in [0.3, 0.4) is 0 Å². The molecular weight excluding hydrogens is 658 g/mol. The van der Waals surface area contributed by atoms with Crippen LogP contribution in [0.2, 0.25) is 0 Å². The Bertz CT molecular complexity index is 1020. The molecule has 0 heterocycles. The molecule has 3 aliphatic rings. The van der Waals surface area contributed by atoms with Crippen LogP contribution in [0.15, 0.2) is 0 Å². The molecule has 0 bridgehead atoms. The van der Waals surface area contributed by atoms with E-state index < -0.39 is 61.1 Å². The van der Waals surface area contributed by atoms with Gasteiger partial charge in [0.25, 0.3) is 0 Å². The summed E-state index contributed by atoms with van der Waals surface area (Å²) in [4.78, 5) is 66.4. The van der Waals surface area contributed by atoms with Crippen LogP contribution in [-0.4, -0.2) is 127 Å². The normalized spacial score (nSPS) is 20.0. The number of nitrogens with zero attached hydrogens (tertiary/aromatic N) is 3. The van der Waals surface area contributed by atoms with Gasteiger partial charge in [0.15, 0.2) is 0 Å². The summed E-state index contributed by atoms with van der Waals surface area (Å²) in [6, 6.07) is -3.06. The van der Waals surface area contributed by atoms with E-state index in [-0.39, 0.29) is 26.2 Å². The van der Waals surface area contributed by atoms with E-state index in [1.165, 1.54) is 29.1 Å². The average molecular weight is 724 g/mol. The zero-order valence-corrected chi connectivity index (χ0v) is 30.7. The van der Waals surface area contributed by atoms with Gasteiger partial charge in [-0.15, -0.1) is 0 Å².